The van der Waals surface area contributed by atoms with Crippen LogP contribution in [0.25, 0.3) is 111 Å². The van der Waals surface area contributed by atoms with Gasteiger partial charge >= 0.3 is 0 Å². The molecule has 0 saturated heterocycles. The fraction of sp³-hybridized carbons (Fsp3) is 0. The monoisotopic (exact) mass is 727 g/mol. The number of rotatable bonds is 6. The number of pyridine rings is 1. The third-order valence-corrected chi connectivity index (χ3v) is 10.9. The lowest BCUT2D eigenvalue weighted by molar-refractivity contribution is 0.673. The Bertz CT molecular complexity index is 3260. The highest BCUT2D eigenvalue weighted by Gasteiger charge is 2.18. The van der Waals surface area contributed by atoms with Crippen LogP contribution in [0.2, 0.25) is 0 Å². The second kappa shape index (κ2) is 13.6. The number of para-hydroxylation sites is 2. The highest BCUT2D eigenvalue weighted by molar-refractivity contribution is 6.24. The van der Waals surface area contributed by atoms with E-state index in [0.29, 0.717) is 5.82 Å². The van der Waals surface area contributed by atoms with Crippen molar-refractivity contribution in [3.05, 3.63) is 200 Å². The van der Waals surface area contributed by atoms with E-state index >= 15 is 0 Å². The van der Waals surface area contributed by atoms with Gasteiger partial charge in [-0.3, -0.25) is 0 Å². The topological polar surface area (TPSA) is 51.8 Å². The van der Waals surface area contributed by atoms with Crippen molar-refractivity contribution in [2.75, 3.05) is 0 Å². The third kappa shape index (κ3) is 5.83. The Morgan fingerprint density at radius 3 is 1.61 bits per heavy atom. The number of hydrogen-bond donors (Lipinski definition) is 0. The van der Waals surface area contributed by atoms with Crippen molar-refractivity contribution < 1.29 is 4.42 Å². The van der Waals surface area contributed by atoms with Crippen molar-refractivity contribution in [2.45, 2.75) is 0 Å². The molecule has 0 radical (unpaired) electrons. The number of furan rings is 1. The van der Waals surface area contributed by atoms with Crippen LogP contribution in [0.3, 0.4) is 0 Å². The molecule has 11 rings (SSSR count). The minimum atomic E-state index is 0.698. The Balaban J connectivity index is 0.955. The van der Waals surface area contributed by atoms with Gasteiger partial charge in [-0.05, 0) is 52.6 Å². The molecule has 3 heterocycles. The second-order valence-electron chi connectivity index (χ2n) is 14.4. The van der Waals surface area contributed by atoms with Crippen LogP contribution < -0.4 is 0 Å². The fourth-order valence-electron chi connectivity index (χ4n) is 8.04. The van der Waals surface area contributed by atoms with Crippen LogP contribution in [0.1, 0.15) is 0 Å². The van der Waals surface area contributed by atoms with Crippen LogP contribution in [0, 0.1) is 0 Å². The molecule has 8 aromatic carbocycles. The zero-order valence-electron chi connectivity index (χ0n) is 30.8. The summed E-state index contributed by atoms with van der Waals surface area (Å²) in [7, 11) is 0. The van der Waals surface area contributed by atoms with Crippen molar-refractivity contribution in [2.24, 2.45) is 0 Å². The van der Waals surface area contributed by atoms with E-state index in [1.54, 1.807) is 0 Å². The summed E-state index contributed by atoms with van der Waals surface area (Å²) in [6.45, 7) is 0. The Morgan fingerprint density at radius 2 is 0.860 bits per heavy atom. The second-order valence-corrected chi connectivity index (χ2v) is 14.4. The molecule has 266 valence electrons. The lowest BCUT2D eigenvalue weighted by Crippen LogP contribution is -1.96. The molecule has 3 aromatic heterocycles. The van der Waals surface area contributed by atoms with Crippen LogP contribution in [0.15, 0.2) is 205 Å². The Hall–Kier alpha value is -7.69. The molecular weight excluding hydrogens is 695 g/mol. The van der Waals surface area contributed by atoms with E-state index in [4.69, 9.17) is 19.4 Å². The summed E-state index contributed by atoms with van der Waals surface area (Å²) in [6.07, 6.45) is 0. The van der Waals surface area contributed by atoms with E-state index in [9.17, 15) is 0 Å². The average Bonchev–Trinajstić information content (AvgIpc) is 3.68. The SMILES string of the molecule is c1ccc(-c2cccc(-c3cc(-c4ccc(-c5ccc(-c6nc7ccccc7c7c6ccc6c8ccccc8oc67)cc5)cc4)nc(-c4ccccc4)n3)c2)cc1. The summed E-state index contributed by atoms with van der Waals surface area (Å²) >= 11 is 0. The normalized spacial score (nSPS) is 11.5. The molecule has 0 aliphatic rings. The molecule has 0 spiro atoms. The third-order valence-electron chi connectivity index (χ3n) is 10.9. The maximum absolute atomic E-state index is 6.53. The number of hydrogen-bond acceptors (Lipinski definition) is 4. The molecule has 0 unspecified atom stereocenters. The highest BCUT2D eigenvalue weighted by Crippen LogP contribution is 2.41. The van der Waals surface area contributed by atoms with Crippen LogP contribution in [0.4, 0.5) is 0 Å². The number of nitrogens with zero attached hydrogens (tertiary/aromatic N) is 3. The van der Waals surface area contributed by atoms with Gasteiger partial charge in [0.1, 0.15) is 11.2 Å². The van der Waals surface area contributed by atoms with E-state index in [1.165, 1.54) is 5.56 Å². The smallest absolute Gasteiger partial charge is 0.160 e. The molecule has 57 heavy (non-hydrogen) atoms. The molecule has 0 atom stereocenters. The van der Waals surface area contributed by atoms with Crippen molar-refractivity contribution >= 4 is 43.6 Å². The van der Waals surface area contributed by atoms with Gasteiger partial charge in [-0.2, -0.15) is 0 Å². The summed E-state index contributed by atoms with van der Waals surface area (Å²) < 4.78 is 6.53. The van der Waals surface area contributed by atoms with Gasteiger partial charge in [-0.15, -0.1) is 0 Å². The Labute approximate surface area is 329 Å². The van der Waals surface area contributed by atoms with Crippen molar-refractivity contribution in [3.8, 4) is 67.4 Å². The largest absolute Gasteiger partial charge is 0.455 e. The number of fused-ring (bicyclic) bond motifs is 7. The van der Waals surface area contributed by atoms with Crippen LogP contribution in [-0.4, -0.2) is 15.0 Å². The van der Waals surface area contributed by atoms with Gasteiger partial charge < -0.3 is 4.42 Å². The lowest BCUT2D eigenvalue weighted by atomic mass is 9.96. The molecule has 4 nitrogen and oxygen atoms in total. The van der Waals surface area contributed by atoms with Crippen LogP contribution in [0.5, 0.6) is 0 Å². The van der Waals surface area contributed by atoms with Gasteiger partial charge in [-0.25, -0.2) is 15.0 Å². The van der Waals surface area contributed by atoms with Crippen molar-refractivity contribution in [1.29, 1.82) is 0 Å². The van der Waals surface area contributed by atoms with Gasteiger partial charge in [0.2, 0.25) is 0 Å². The molecule has 0 amide bonds. The molecule has 0 aliphatic heterocycles. The average molecular weight is 728 g/mol. The molecule has 0 N–H and O–H groups in total. The number of aromatic nitrogens is 3. The first kappa shape index (κ1) is 32.7. The van der Waals surface area contributed by atoms with Gasteiger partial charge in [-0.1, -0.05) is 170 Å². The zero-order valence-corrected chi connectivity index (χ0v) is 30.8. The Morgan fingerprint density at radius 1 is 0.316 bits per heavy atom. The number of benzene rings is 8. The van der Waals surface area contributed by atoms with E-state index < -0.39 is 0 Å². The van der Waals surface area contributed by atoms with E-state index in [-0.39, 0.29) is 0 Å². The highest BCUT2D eigenvalue weighted by atomic mass is 16.3. The predicted molar refractivity (Wildman–Crippen MR) is 235 cm³/mol. The first-order valence-electron chi connectivity index (χ1n) is 19.2. The summed E-state index contributed by atoms with van der Waals surface area (Å²) in [6, 6.07) is 69.6. The quantitative estimate of drug-likeness (QED) is 0.160. The van der Waals surface area contributed by atoms with Crippen molar-refractivity contribution in [1.82, 2.24) is 15.0 Å². The van der Waals surface area contributed by atoms with E-state index in [1.807, 2.05) is 42.5 Å². The molecule has 4 heteroatoms. The standard InChI is InChI=1S/C53H33N3O/c1-3-12-34(13-4-1)40-16-11-17-41(32-40)48-33-47(55-53(56-48)39-14-5-2-6-15-39)37-26-22-35(23-27-37)36-24-28-38(29-25-36)51-45-31-30-43-42-18-8-10-21-49(42)57-52(43)50(45)44-19-7-9-20-46(44)54-51/h1-33H. The maximum Gasteiger partial charge on any atom is 0.160 e. The molecule has 0 fully saturated rings. The Kier molecular flexibility index (Phi) is 7.78. The van der Waals surface area contributed by atoms with Gasteiger partial charge in [0.05, 0.1) is 22.6 Å². The van der Waals surface area contributed by atoms with Crippen LogP contribution in [-0.2, 0) is 0 Å². The van der Waals surface area contributed by atoms with Gasteiger partial charge in [0.25, 0.3) is 0 Å². The maximum atomic E-state index is 6.53. The molecule has 0 bridgehead atoms. The minimum Gasteiger partial charge on any atom is -0.455 e. The minimum absolute atomic E-state index is 0.698. The summed E-state index contributed by atoms with van der Waals surface area (Å²) in [4.78, 5) is 15.4. The van der Waals surface area contributed by atoms with Gasteiger partial charge in [0.15, 0.2) is 5.82 Å². The summed E-state index contributed by atoms with van der Waals surface area (Å²) in [5.41, 5.74) is 14.1. The van der Waals surface area contributed by atoms with E-state index in [0.717, 1.165) is 99.6 Å². The lowest BCUT2D eigenvalue weighted by Gasteiger charge is -2.12. The molecule has 11 aromatic rings. The molecule has 0 aliphatic carbocycles. The van der Waals surface area contributed by atoms with Gasteiger partial charge in [0, 0.05) is 49.2 Å². The van der Waals surface area contributed by atoms with Crippen molar-refractivity contribution in [3.63, 3.8) is 0 Å². The summed E-state index contributed by atoms with van der Waals surface area (Å²) in [5.74, 6) is 0.698. The van der Waals surface area contributed by atoms with E-state index in [2.05, 4.69) is 158 Å². The fourth-order valence-corrected chi connectivity index (χ4v) is 8.04. The first-order chi connectivity index (χ1) is 28.2. The van der Waals surface area contributed by atoms with Crippen LogP contribution >= 0.6 is 0 Å². The predicted octanol–water partition coefficient (Wildman–Crippen LogP) is 14.1. The molecular formula is C53H33N3O. The zero-order chi connectivity index (χ0) is 37.7. The first-order valence-corrected chi connectivity index (χ1v) is 19.2. The molecule has 0 saturated carbocycles. The summed E-state index contributed by atoms with van der Waals surface area (Å²) in [5, 5.41) is 5.49.